The summed E-state index contributed by atoms with van der Waals surface area (Å²) in [6, 6.07) is 23.9. The molecule has 2 N–H and O–H groups in total. The fraction of sp³-hybridized carbons (Fsp3) is 0. The lowest BCUT2D eigenvalue weighted by atomic mass is 10.1. The highest BCUT2D eigenvalue weighted by molar-refractivity contribution is 6.20. The van der Waals surface area contributed by atoms with Crippen molar-refractivity contribution >= 4 is 17.6 Å². The molecule has 4 rings (SSSR count). The zero-order valence-electron chi connectivity index (χ0n) is 16.4. The second kappa shape index (κ2) is 8.87. The van der Waals surface area contributed by atoms with E-state index in [0.717, 1.165) is 16.0 Å². The molecule has 0 radical (unpaired) electrons. The number of urea groups is 1. The number of imide groups is 1. The number of nitrogens with zero attached hydrogens (tertiary/aromatic N) is 3. The third kappa shape index (κ3) is 4.56. The van der Waals surface area contributed by atoms with Crippen LogP contribution >= 0.6 is 0 Å². The van der Waals surface area contributed by atoms with Crippen molar-refractivity contribution in [3.8, 4) is 22.9 Å². The molecule has 0 aliphatic carbocycles. The number of benzene rings is 3. The van der Waals surface area contributed by atoms with E-state index in [1.165, 1.54) is 0 Å². The van der Waals surface area contributed by atoms with Crippen LogP contribution in [0.2, 0.25) is 0 Å². The average molecular weight is 410 g/mol. The Hall–Kier alpha value is -4.52. The van der Waals surface area contributed by atoms with Gasteiger partial charge in [-0.15, -0.1) is 0 Å². The van der Waals surface area contributed by atoms with Crippen molar-refractivity contribution in [2.75, 3.05) is 4.90 Å². The van der Waals surface area contributed by atoms with E-state index < -0.39 is 11.9 Å². The van der Waals surface area contributed by atoms with Crippen LogP contribution in [0.25, 0.3) is 11.1 Å². The van der Waals surface area contributed by atoms with E-state index in [9.17, 15) is 9.59 Å². The molecule has 1 aromatic heterocycles. The Morgan fingerprint density at radius 1 is 0.742 bits per heavy atom. The molecule has 0 fully saturated rings. The first kappa shape index (κ1) is 19.8. The second-order valence-electron chi connectivity index (χ2n) is 6.56. The summed E-state index contributed by atoms with van der Waals surface area (Å²) in [6.07, 6.45) is 3.36. The van der Waals surface area contributed by atoms with Gasteiger partial charge in [-0.05, 0) is 42.0 Å². The number of ether oxygens (including phenoxy) is 1. The molecule has 0 aliphatic heterocycles. The molecule has 0 aliphatic rings. The summed E-state index contributed by atoms with van der Waals surface area (Å²) >= 11 is 0. The van der Waals surface area contributed by atoms with Crippen molar-refractivity contribution in [1.82, 2.24) is 9.97 Å². The highest BCUT2D eigenvalue weighted by Gasteiger charge is 2.22. The third-order valence-electron chi connectivity index (χ3n) is 4.48. The minimum absolute atomic E-state index is 0.180. The summed E-state index contributed by atoms with van der Waals surface area (Å²) < 4.78 is 5.67. The van der Waals surface area contributed by atoms with Crippen LogP contribution in [0.3, 0.4) is 0 Å². The van der Waals surface area contributed by atoms with Gasteiger partial charge in [0.05, 0.1) is 5.69 Å². The molecule has 152 valence electrons. The van der Waals surface area contributed by atoms with Crippen LogP contribution in [0, 0.1) is 0 Å². The van der Waals surface area contributed by atoms with Gasteiger partial charge in [-0.1, -0.05) is 48.5 Å². The SMILES string of the molecule is NC(=O)N(C(=O)c1ccccc1)c1ccc(Oc2ncc(-c3ccccc3)cn2)cc1. The average Bonchev–Trinajstić information content (AvgIpc) is 2.82. The van der Waals surface area contributed by atoms with E-state index in [4.69, 9.17) is 10.5 Å². The van der Waals surface area contributed by atoms with E-state index in [1.807, 2.05) is 30.3 Å². The molecular weight excluding hydrogens is 392 g/mol. The molecule has 31 heavy (non-hydrogen) atoms. The van der Waals surface area contributed by atoms with Gasteiger partial charge in [0.1, 0.15) is 5.75 Å². The molecule has 0 spiro atoms. The zero-order chi connectivity index (χ0) is 21.6. The maximum Gasteiger partial charge on any atom is 0.326 e. The molecule has 7 nitrogen and oxygen atoms in total. The topological polar surface area (TPSA) is 98.4 Å². The number of amides is 3. The van der Waals surface area contributed by atoms with Gasteiger partial charge in [-0.25, -0.2) is 19.7 Å². The van der Waals surface area contributed by atoms with Crippen LogP contribution in [0.5, 0.6) is 11.8 Å². The molecule has 3 amide bonds. The van der Waals surface area contributed by atoms with Gasteiger partial charge < -0.3 is 10.5 Å². The fourth-order valence-electron chi connectivity index (χ4n) is 2.97. The van der Waals surface area contributed by atoms with Crippen molar-refractivity contribution in [3.05, 3.63) is 103 Å². The highest BCUT2D eigenvalue weighted by Crippen LogP contribution is 2.25. The van der Waals surface area contributed by atoms with Crippen molar-refractivity contribution in [2.24, 2.45) is 5.73 Å². The molecule has 7 heteroatoms. The molecule has 0 bridgehead atoms. The predicted octanol–water partition coefficient (Wildman–Crippen LogP) is 4.66. The van der Waals surface area contributed by atoms with Crippen LogP contribution in [0.15, 0.2) is 97.3 Å². The first-order valence-corrected chi connectivity index (χ1v) is 9.46. The van der Waals surface area contributed by atoms with Gasteiger partial charge in [0.15, 0.2) is 0 Å². The van der Waals surface area contributed by atoms with E-state index in [2.05, 4.69) is 9.97 Å². The maximum absolute atomic E-state index is 12.7. The highest BCUT2D eigenvalue weighted by atomic mass is 16.5. The largest absolute Gasteiger partial charge is 0.424 e. The Morgan fingerprint density at radius 3 is 1.90 bits per heavy atom. The molecule has 3 aromatic carbocycles. The number of primary amides is 1. The Morgan fingerprint density at radius 2 is 1.32 bits per heavy atom. The molecular formula is C24H18N4O3. The third-order valence-corrected chi connectivity index (χ3v) is 4.48. The summed E-state index contributed by atoms with van der Waals surface area (Å²) in [5.74, 6) is -0.0607. The first-order chi connectivity index (χ1) is 15.1. The zero-order valence-corrected chi connectivity index (χ0v) is 16.4. The van der Waals surface area contributed by atoms with E-state index >= 15 is 0 Å². The predicted molar refractivity (Wildman–Crippen MR) is 117 cm³/mol. The number of hydrogen-bond donors (Lipinski definition) is 1. The number of carbonyl (C=O) groups excluding carboxylic acids is 2. The van der Waals surface area contributed by atoms with Crippen molar-refractivity contribution in [2.45, 2.75) is 0 Å². The lowest BCUT2D eigenvalue weighted by Gasteiger charge is -2.19. The van der Waals surface area contributed by atoms with Crippen LogP contribution < -0.4 is 15.4 Å². The quantitative estimate of drug-likeness (QED) is 0.516. The molecule has 0 saturated heterocycles. The Balaban J connectivity index is 1.49. The van der Waals surface area contributed by atoms with Gasteiger partial charge in [-0.3, -0.25) is 4.79 Å². The lowest BCUT2D eigenvalue weighted by molar-refractivity contribution is 0.0995. The van der Waals surface area contributed by atoms with Gasteiger partial charge >= 0.3 is 12.0 Å². The van der Waals surface area contributed by atoms with Crippen LogP contribution in [0.1, 0.15) is 10.4 Å². The molecule has 4 aromatic rings. The summed E-state index contributed by atoms with van der Waals surface area (Å²) in [4.78, 5) is 34.0. The standard InChI is InChI=1S/C24H18N4O3/c25-23(30)28(22(29)18-9-5-2-6-10-18)20-11-13-21(14-12-20)31-24-26-15-19(16-27-24)17-7-3-1-4-8-17/h1-16H,(H2,25,30). The fourth-order valence-corrected chi connectivity index (χ4v) is 2.97. The molecule has 0 saturated carbocycles. The van der Waals surface area contributed by atoms with E-state index in [0.29, 0.717) is 17.0 Å². The van der Waals surface area contributed by atoms with E-state index in [-0.39, 0.29) is 6.01 Å². The van der Waals surface area contributed by atoms with Crippen molar-refractivity contribution < 1.29 is 14.3 Å². The minimum atomic E-state index is -0.873. The van der Waals surface area contributed by atoms with Crippen LogP contribution in [-0.2, 0) is 0 Å². The van der Waals surface area contributed by atoms with Gasteiger partial charge in [0.25, 0.3) is 5.91 Å². The second-order valence-corrected chi connectivity index (χ2v) is 6.56. The lowest BCUT2D eigenvalue weighted by Crippen LogP contribution is -2.40. The maximum atomic E-state index is 12.7. The number of hydrogen-bond acceptors (Lipinski definition) is 5. The number of rotatable bonds is 5. The number of carbonyl (C=O) groups is 2. The minimum Gasteiger partial charge on any atom is -0.424 e. The normalized spacial score (nSPS) is 10.3. The Kier molecular flexibility index (Phi) is 5.66. The molecule has 0 atom stereocenters. The summed E-state index contributed by atoms with van der Waals surface area (Å²) in [6.45, 7) is 0. The molecule has 0 unspecified atom stereocenters. The Labute approximate surface area is 178 Å². The molecule has 1 heterocycles. The smallest absolute Gasteiger partial charge is 0.326 e. The van der Waals surface area contributed by atoms with E-state index in [1.54, 1.807) is 67.0 Å². The van der Waals surface area contributed by atoms with Gasteiger partial charge in [0.2, 0.25) is 0 Å². The van der Waals surface area contributed by atoms with Crippen molar-refractivity contribution in [3.63, 3.8) is 0 Å². The van der Waals surface area contributed by atoms with Gasteiger partial charge in [-0.2, -0.15) is 0 Å². The first-order valence-electron chi connectivity index (χ1n) is 9.46. The summed E-state index contributed by atoms with van der Waals surface area (Å²) in [7, 11) is 0. The van der Waals surface area contributed by atoms with Crippen LogP contribution in [0.4, 0.5) is 10.5 Å². The number of anilines is 1. The summed E-state index contributed by atoms with van der Waals surface area (Å²) in [5, 5.41) is 0. The number of nitrogens with two attached hydrogens (primary N) is 1. The summed E-state index contributed by atoms with van der Waals surface area (Å²) in [5.41, 5.74) is 8.01. The number of aromatic nitrogens is 2. The Bertz CT molecular complexity index is 1180. The monoisotopic (exact) mass is 410 g/mol. The van der Waals surface area contributed by atoms with Gasteiger partial charge in [0, 0.05) is 23.5 Å². The van der Waals surface area contributed by atoms with Crippen molar-refractivity contribution in [1.29, 1.82) is 0 Å². The van der Waals surface area contributed by atoms with Crippen LogP contribution in [-0.4, -0.2) is 21.9 Å².